The Morgan fingerprint density at radius 1 is 1.03 bits per heavy atom. The van der Waals surface area contributed by atoms with Gasteiger partial charge in [-0.1, -0.05) is 39.0 Å². The van der Waals surface area contributed by atoms with E-state index >= 15 is 0 Å². The molecule has 178 valence electrons. The molecule has 0 amide bonds. The highest BCUT2D eigenvalue weighted by atomic mass is 16.3. The quantitative estimate of drug-likeness (QED) is 0.239. The van der Waals surface area contributed by atoms with Crippen molar-refractivity contribution < 1.29 is 15.8 Å². The third-order valence-corrected chi connectivity index (χ3v) is 7.08. The zero-order valence-electron chi connectivity index (χ0n) is 26.0. The second kappa shape index (κ2) is 7.07. The van der Waals surface area contributed by atoms with Crippen LogP contribution in [0.25, 0.3) is 60.6 Å². The molecule has 0 saturated carbocycles. The van der Waals surface area contributed by atoms with Gasteiger partial charge in [0, 0.05) is 40.8 Å². The summed E-state index contributed by atoms with van der Waals surface area (Å²) in [4.78, 5) is 4.37. The highest BCUT2D eigenvalue weighted by Crippen LogP contribution is 2.45. The van der Waals surface area contributed by atoms with Crippen molar-refractivity contribution in [3.63, 3.8) is 0 Å². The summed E-state index contributed by atoms with van der Waals surface area (Å²) in [7, 11) is 2.00. The van der Waals surface area contributed by atoms with E-state index in [1.807, 2.05) is 58.3 Å². The van der Waals surface area contributed by atoms with E-state index in [0.29, 0.717) is 16.9 Å². The Labute approximate surface area is 217 Å². The molecule has 0 aliphatic carbocycles. The minimum absolute atomic E-state index is 0.00799. The van der Waals surface area contributed by atoms with Gasteiger partial charge in [0.05, 0.1) is 22.0 Å². The minimum atomic E-state index is -2.32. The maximum Gasteiger partial charge on any atom is 0.229 e. The first-order valence-corrected chi connectivity index (χ1v) is 12.2. The summed E-state index contributed by atoms with van der Waals surface area (Å²) in [5, 5.41) is 3.86. The average Bonchev–Trinajstić information content (AvgIpc) is 3.53. The lowest BCUT2D eigenvalue weighted by Gasteiger charge is -2.18. The van der Waals surface area contributed by atoms with Crippen molar-refractivity contribution in [1.82, 2.24) is 9.38 Å². The van der Waals surface area contributed by atoms with Crippen LogP contribution in [0.15, 0.2) is 65.2 Å². The van der Waals surface area contributed by atoms with Crippen LogP contribution in [-0.4, -0.2) is 9.38 Å². The van der Waals surface area contributed by atoms with Gasteiger partial charge in [0.1, 0.15) is 12.6 Å². The Morgan fingerprint density at radius 2 is 1.86 bits per heavy atom. The lowest BCUT2D eigenvalue weighted by Crippen LogP contribution is -2.31. The monoisotopic (exact) mass is 477 g/mol. The van der Waals surface area contributed by atoms with Gasteiger partial charge < -0.3 is 8.82 Å². The first kappa shape index (κ1) is 16.7. The van der Waals surface area contributed by atoms with E-state index in [1.165, 1.54) is 0 Å². The summed E-state index contributed by atoms with van der Waals surface area (Å²) >= 11 is 0. The fraction of sp³-hybridized carbons (Fsp3) is 0.250. The molecule has 0 aliphatic heterocycles. The largest absolute Gasteiger partial charge is 0.435 e. The predicted octanol–water partition coefficient (Wildman–Crippen LogP) is 7.67. The molecule has 0 saturated heterocycles. The normalized spacial score (nSPS) is 15.6. The smallest absolute Gasteiger partial charge is 0.229 e. The molecule has 5 heterocycles. The van der Waals surface area contributed by atoms with Gasteiger partial charge in [0.2, 0.25) is 11.4 Å². The molecule has 0 aliphatic rings. The summed E-state index contributed by atoms with van der Waals surface area (Å²) < 4.78 is 51.7. The number of aromatic nitrogens is 3. The molecule has 0 spiro atoms. The molecule has 0 unspecified atom stereocenters. The first-order valence-electron chi connectivity index (χ1n) is 14.7. The number of hydrogen-bond donors (Lipinski definition) is 0. The molecule has 0 bridgehead atoms. The standard InChI is InChI=1S/C32H30N3O/c1-18-10-13-24-27(26(18)25-16-20(14-15-34(25)6)17-32(3,4)5)21-8-7-9-22-28(21)35(24)29-23-12-11-19(2)33-31(23)36-30(22)29/h7-16H,17H2,1-6H3/q+1/i2D3,17D2. The fourth-order valence-electron chi connectivity index (χ4n) is 5.71. The van der Waals surface area contributed by atoms with Crippen LogP contribution in [0.5, 0.6) is 0 Å². The van der Waals surface area contributed by atoms with Crippen molar-refractivity contribution in [1.29, 1.82) is 0 Å². The molecular formula is C32H30N3O+. The van der Waals surface area contributed by atoms with Gasteiger partial charge in [-0.3, -0.25) is 0 Å². The van der Waals surface area contributed by atoms with E-state index in [9.17, 15) is 0 Å². The summed E-state index contributed by atoms with van der Waals surface area (Å²) in [5.41, 5.74) is 7.04. The van der Waals surface area contributed by atoms with Crippen molar-refractivity contribution >= 4 is 49.4 Å². The number of hydrogen-bond acceptors (Lipinski definition) is 2. The average molecular weight is 478 g/mol. The highest BCUT2D eigenvalue weighted by Gasteiger charge is 2.27. The molecule has 36 heavy (non-hydrogen) atoms. The van der Waals surface area contributed by atoms with Crippen LogP contribution >= 0.6 is 0 Å². The van der Waals surface area contributed by atoms with Crippen molar-refractivity contribution in [2.45, 2.75) is 40.9 Å². The lowest BCUT2D eigenvalue weighted by atomic mass is 9.87. The maximum absolute atomic E-state index is 8.93. The Morgan fingerprint density at radius 3 is 2.67 bits per heavy atom. The maximum atomic E-state index is 8.93. The molecular weight excluding hydrogens is 442 g/mol. The molecule has 2 aromatic carbocycles. The van der Waals surface area contributed by atoms with Crippen LogP contribution < -0.4 is 4.57 Å². The fourth-order valence-corrected chi connectivity index (χ4v) is 5.71. The van der Waals surface area contributed by atoms with Crippen LogP contribution in [0, 0.1) is 19.2 Å². The number of benzene rings is 2. The van der Waals surface area contributed by atoms with Crippen molar-refractivity contribution in [2.24, 2.45) is 12.5 Å². The van der Waals surface area contributed by atoms with E-state index < -0.39 is 18.6 Å². The Kier molecular flexibility index (Phi) is 3.28. The zero-order chi connectivity index (χ0) is 29.2. The van der Waals surface area contributed by atoms with Gasteiger partial charge in [0.15, 0.2) is 11.8 Å². The van der Waals surface area contributed by atoms with E-state index in [2.05, 4.69) is 39.1 Å². The van der Waals surface area contributed by atoms with Crippen LogP contribution in [0.4, 0.5) is 0 Å². The Bertz CT molecular complexity index is 2180. The zero-order valence-corrected chi connectivity index (χ0v) is 21.0. The number of pyridine rings is 2. The summed E-state index contributed by atoms with van der Waals surface area (Å²) in [6.07, 6.45) is 0.411. The number of fused-ring (bicyclic) bond motifs is 8. The van der Waals surface area contributed by atoms with E-state index in [1.54, 1.807) is 12.1 Å². The van der Waals surface area contributed by atoms with Crippen LogP contribution in [0.2, 0.25) is 0 Å². The Hall–Kier alpha value is -3.92. The molecule has 4 nitrogen and oxygen atoms in total. The molecule has 0 fully saturated rings. The van der Waals surface area contributed by atoms with Crippen molar-refractivity contribution in [3.8, 4) is 11.3 Å². The summed E-state index contributed by atoms with van der Waals surface area (Å²) in [6.45, 7) is 5.55. The third kappa shape index (κ3) is 2.87. The highest BCUT2D eigenvalue weighted by molar-refractivity contribution is 6.27. The van der Waals surface area contributed by atoms with Crippen LogP contribution in [-0.2, 0) is 13.4 Å². The number of furan rings is 1. The molecule has 0 atom stereocenters. The van der Waals surface area contributed by atoms with E-state index in [0.717, 1.165) is 54.9 Å². The van der Waals surface area contributed by atoms with E-state index in [4.69, 9.17) is 11.3 Å². The SMILES string of the molecule is [2H]C([2H])([2H])c1ccc2c(n1)oc1c3cccc4c5c(-c6cc(C([2H])([2H])C(C)(C)C)cc[n+]6C)c(C)ccc5n(c34)c21. The number of aryl methyl sites for hydroxylation is 3. The second-order valence-corrected chi connectivity index (χ2v) is 10.8. The number of rotatable bonds is 2. The van der Waals surface area contributed by atoms with Crippen molar-refractivity contribution in [3.05, 3.63) is 77.6 Å². The second-order valence-electron chi connectivity index (χ2n) is 10.8. The van der Waals surface area contributed by atoms with Gasteiger partial charge in [0.25, 0.3) is 0 Å². The minimum Gasteiger partial charge on any atom is -0.435 e. The Balaban J connectivity index is 1.60. The van der Waals surface area contributed by atoms with Crippen LogP contribution in [0.1, 0.15) is 44.4 Å². The molecule has 0 radical (unpaired) electrons. The number of nitrogens with zero attached hydrogens (tertiary/aromatic N) is 3. The summed E-state index contributed by atoms with van der Waals surface area (Å²) in [6, 6.07) is 17.6. The van der Waals surface area contributed by atoms with Crippen LogP contribution in [0.3, 0.4) is 0 Å². The van der Waals surface area contributed by atoms with Gasteiger partial charge in [-0.05, 0) is 61.0 Å². The summed E-state index contributed by atoms with van der Waals surface area (Å²) in [5.74, 6) is 0. The first-order chi connectivity index (χ1) is 19.2. The molecule has 4 heteroatoms. The van der Waals surface area contributed by atoms with Gasteiger partial charge in [-0.25, -0.2) is 9.55 Å². The topological polar surface area (TPSA) is 34.3 Å². The number of para-hydroxylation sites is 1. The van der Waals surface area contributed by atoms with Gasteiger partial charge in [-0.15, -0.1) is 0 Å². The molecule has 7 rings (SSSR count). The molecule has 7 aromatic rings. The molecule has 5 aromatic heterocycles. The predicted molar refractivity (Wildman–Crippen MR) is 148 cm³/mol. The van der Waals surface area contributed by atoms with Gasteiger partial charge >= 0.3 is 0 Å². The van der Waals surface area contributed by atoms with Crippen molar-refractivity contribution in [2.75, 3.05) is 0 Å². The van der Waals surface area contributed by atoms with E-state index in [-0.39, 0.29) is 5.69 Å². The third-order valence-electron chi connectivity index (χ3n) is 7.08. The lowest BCUT2D eigenvalue weighted by molar-refractivity contribution is -0.660. The molecule has 0 N–H and O–H groups in total. The van der Waals surface area contributed by atoms with Gasteiger partial charge in [-0.2, -0.15) is 0 Å².